The van der Waals surface area contributed by atoms with Crippen molar-refractivity contribution in [2.75, 3.05) is 19.6 Å². The Morgan fingerprint density at radius 1 is 1.07 bits per heavy atom. The number of hydrogen-bond acceptors (Lipinski definition) is 5. The van der Waals surface area contributed by atoms with E-state index >= 15 is 0 Å². The molecule has 1 saturated heterocycles. The fourth-order valence-electron chi connectivity index (χ4n) is 3.91. The van der Waals surface area contributed by atoms with Crippen molar-refractivity contribution in [1.82, 2.24) is 14.6 Å². The molecule has 1 aromatic heterocycles. The molecule has 0 bridgehead atoms. The topological polar surface area (TPSA) is 79.4 Å². The molecule has 0 spiro atoms. The SMILES string of the molecule is O=C(NCCCc1nc2c(s1)CCCC2)c1ccc(S(=O)(=O)N2CCCC2)cc1. The van der Waals surface area contributed by atoms with Crippen molar-refractivity contribution in [2.45, 2.75) is 56.3 Å². The quantitative estimate of drug-likeness (QED) is 0.680. The molecule has 0 radical (unpaired) electrons. The molecular formula is C21H27N3O3S2. The van der Waals surface area contributed by atoms with Gasteiger partial charge in [0.05, 0.1) is 15.6 Å². The van der Waals surface area contributed by atoms with Crippen LogP contribution < -0.4 is 5.32 Å². The van der Waals surface area contributed by atoms with Gasteiger partial charge in [0.15, 0.2) is 0 Å². The zero-order valence-corrected chi connectivity index (χ0v) is 18.2. The summed E-state index contributed by atoms with van der Waals surface area (Å²) in [6.07, 6.45) is 8.31. The fraction of sp³-hybridized carbons (Fsp3) is 0.524. The van der Waals surface area contributed by atoms with Crippen LogP contribution in [0.1, 0.15) is 58.0 Å². The maximum absolute atomic E-state index is 12.6. The maximum Gasteiger partial charge on any atom is 0.251 e. The number of amides is 1. The van der Waals surface area contributed by atoms with E-state index in [-0.39, 0.29) is 10.8 Å². The van der Waals surface area contributed by atoms with Crippen LogP contribution in [0.2, 0.25) is 0 Å². The first-order chi connectivity index (χ1) is 14.0. The number of thiazole rings is 1. The molecule has 2 heterocycles. The maximum atomic E-state index is 12.6. The number of carbonyl (C=O) groups excluding carboxylic acids is 1. The number of fused-ring (bicyclic) bond motifs is 1. The van der Waals surface area contributed by atoms with Gasteiger partial charge in [-0.3, -0.25) is 4.79 Å². The minimum absolute atomic E-state index is 0.173. The molecule has 1 aliphatic heterocycles. The summed E-state index contributed by atoms with van der Waals surface area (Å²) >= 11 is 1.82. The predicted molar refractivity (Wildman–Crippen MR) is 114 cm³/mol. The van der Waals surface area contributed by atoms with Gasteiger partial charge in [0.25, 0.3) is 5.91 Å². The molecule has 0 atom stereocenters. The average molecular weight is 434 g/mol. The lowest BCUT2D eigenvalue weighted by Gasteiger charge is -2.15. The molecule has 2 aliphatic rings. The van der Waals surface area contributed by atoms with Crippen LogP contribution in [0, 0.1) is 0 Å². The second-order valence-electron chi connectivity index (χ2n) is 7.68. The number of rotatable bonds is 7. The van der Waals surface area contributed by atoms with Gasteiger partial charge in [-0.25, -0.2) is 13.4 Å². The van der Waals surface area contributed by atoms with Gasteiger partial charge < -0.3 is 5.32 Å². The van der Waals surface area contributed by atoms with Crippen LogP contribution in [0.25, 0.3) is 0 Å². The highest BCUT2D eigenvalue weighted by Crippen LogP contribution is 2.27. The lowest BCUT2D eigenvalue weighted by atomic mass is 10.0. The Bertz CT molecular complexity index is 938. The highest BCUT2D eigenvalue weighted by molar-refractivity contribution is 7.89. The number of sulfonamides is 1. The number of benzene rings is 1. The van der Waals surface area contributed by atoms with Gasteiger partial charge in [0, 0.05) is 36.5 Å². The van der Waals surface area contributed by atoms with Crippen molar-refractivity contribution in [3.63, 3.8) is 0 Å². The number of carbonyl (C=O) groups is 1. The number of aryl methyl sites for hydroxylation is 3. The van der Waals surface area contributed by atoms with Crippen molar-refractivity contribution in [1.29, 1.82) is 0 Å². The molecule has 156 valence electrons. The molecule has 2 aromatic rings. The minimum atomic E-state index is -3.44. The lowest BCUT2D eigenvalue weighted by Crippen LogP contribution is -2.28. The van der Waals surface area contributed by atoms with E-state index < -0.39 is 10.0 Å². The first-order valence-electron chi connectivity index (χ1n) is 10.4. The van der Waals surface area contributed by atoms with Gasteiger partial charge in [0.2, 0.25) is 10.0 Å². The predicted octanol–water partition coefficient (Wildman–Crippen LogP) is 3.17. The summed E-state index contributed by atoms with van der Waals surface area (Å²) in [7, 11) is -3.44. The van der Waals surface area contributed by atoms with E-state index in [9.17, 15) is 13.2 Å². The molecular weight excluding hydrogens is 406 g/mol. The zero-order valence-electron chi connectivity index (χ0n) is 16.5. The first kappa shape index (κ1) is 20.5. The number of hydrogen-bond donors (Lipinski definition) is 1. The van der Waals surface area contributed by atoms with Gasteiger partial charge in [0.1, 0.15) is 0 Å². The van der Waals surface area contributed by atoms with Crippen molar-refractivity contribution in [2.24, 2.45) is 0 Å². The standard InChI is InChI=1S/C21H27N3O3S2/c25-21(22-13-5-8-20-23-18-6-1-2-7-19(18)28-20)16-9-11-17(12-10-16)29(26,27)24-14-3-4-15-24/h9-12H,1-8,13-15H2,(H,22,25). The van der Waals surface area contributed by atoms with E-state index in [0.717, 1.165) is 38.5 Å². The molecule has 1 N–H and O–H groups in total. The zero-order chi connectivity index (χ0) is 20.3. The number of nitrogens with zero attached hydrogens (tertiary/aromatic N) is 2. The smallest absolute Gasteiger partial charge is 0.251 e. The number of aromatic nitrogens is 1. The Morgan fingerprint density at radius 3 is 2.52 bits per heavy atom. The third kappa shape index (κ3) is 4.70. The summed E-state index contributed by atoms with van der Waals surface area (Å²) in [5.41, 5.74) is 1.76. The van der Waals surface area contributed by atoms with Crippen LogP contribution in [-0.2, 0) is 29.3 Å². The van der Waals surface area contributed by atoms with E-state index in [1.165, 1.54) is 44.9 Å². The van der Waals surface area contributed by atoms with Gasteiger partial charge in [-0.05, 0) is 69.2 Å². The van der Waals surface area contributed by atoms with Crippen LogP contribution in [0.15, 0.2) is 29.2 Å². The van der Waals surface area contributed by atoms with E-state index in [1.54, 1.807) is 12.1 Å². The molecule has 8 heteroatoms. The Hall–Kier alpha value is -1.77. The Kier molecular flexibility index (Phi) is 6.32. The molecule has 0 unspecified atom stereocenters. The summed E-state index contributed by atoms with van der Waals surface area (Å²) in [6.45, 7) is 1.73. The minimum Gasteiger partial charge on any atom is -0.352 e. The largest absolute Gasteiger partial charge is 0.352 e. The molecule has 4 rings (SSSR count). The van der Waals surface area contributed by atoms with Crippen molar-refractivity contribution < 1.29 is 13.2 Å². The second-order valence-corrected chi connectivity index (χ2v) is 10.8. The van der Waals surface area contributed by atoms with E-state index in [2.05, 4.69) is 5.32 Å². The van der Waals surface area contributed by atoms with E-state index in [0.29, 0.717) is 25.2 Å². The van der Waals surface area contributed by atoms with E-state index in [1.807, 2.05) is 11.3 Å². The van der Waals surface area contributed by atoms with Crippen molar-refractivity contribution >= 4 is 27.3 Å². The average Bonchev–Trinajstić information content (AvgIpc) is 3.41. The summed E-state index contributed by atoms with van der Waals surface area (Å²) in [5.74, 6) is -0.173. The normalized spacial score (nSPS) is 17.2. The van der Waals surface area contributed by atoms with Gasteiger partial charge in [-0.15, -0.1) is 11.3 Å². The molecule has 0 saturated carbocycles. The molecule has 1 fully saturated rings. The fourth-order valence-corrected chi connectivity index (χ4v) is 6.63. The van der Waals surface area contributed by atoms with Crippen molar-refractivity contribution in [3.8, 4) is 0 Å². The molecule has 1 amide bonds. The first-order valence-corrected chi connectivity index (χ1v) is 12.7. The molecule has 1 aromatic carbocycles. The lowest BCUT2D eigenvalue weighted by molar-refractivity contribution is 0.0953. The van der Waals surface area contributed by atoms with Gasteiger partial charge in [-0.2, -0.15) is 4.31 Å². The molecule has 1 aliphatic carbocycles. The van der Waals surface area contributed by atoms with Gasteiger partial charge >= 0.3 is 0 Å². The Morgan fingerprint density at radius 2 is 1.79 bits per heavy atom. The second kappa shape index (κ2) is 8.93. The summed E-state index contributed by atoms with van der Waals surface area (Å²) in [5, 5.41) is 4.09. The van der Waals surface area contributed by atoms with Crippen LogP contribution in [0.3, 0.4) is 0 Å². The van der Waals surface area contributed by atoms with Gasteiger partial charge in [-0.1, -0.05) is 0 Å². The van der Waals surface area contributed by atoms with Crippen LogP contribution in [0.5, 0.6) is 0 Å². The van der Waals surface area contributed by atoms with Crippen LogP contribution in [-0.4, -0.2) is 43.2 Å². The van der Waals surface area contributed by atoms with E-state index in [4.69, 9.17) is 4.98 Å². The highest BCUT2D eigenvalue weighted by atomic mass is 32.2. The molecule has 6 nitrogen and oxygen atoms in total. The Labute approximate surface area is 176 Å². The summed E-state index contributed by atoms with van der Waals surface area (Å²) < 4.78 is 26.6. The monoisotopic (exact) mass is 433 g/mol. The summed E-state index contributed by atoms with van der Waals surface area (Å²) in [4.78, 5) is 18.8. The highest BCUT2D eigenvalue weighted by Gasteiger charge is 2.27. The summed E-state index contributed by atoms with van der Waals surface area (Å²) in [6, 6.07) is 6.24. The third-order valence-corrected chi connectivity index (χ3v) is 8.69. The number of nitrogens with one attached hydrogen (secondary N) is 1. The van der Waals surface area contributed by atoms with Crippen molar-refractivity contribution in [3.05, 3.63) is 45.4 Å². The Balaban J connectivity index is 1.27. The van der Waals surface area contributed by atoms with Crippen LogP contribution in [0.4, 0.5) is 0 Å². The molecule has 29 heavy (non-hydrogen) atoms. The van der Waals surface area contributed by atoms with Crippen LogP contribution >= 0.6 is 11.3 Å². The third-order valence-electron chi connectivity index (χ3n) is 5.56.